The Kier molecular flexibility index (Phi) is 28.6. The van der Waals surface area contributed by atoms with Crippen molar-refractivity contribution in [3.05, 3.63) is 251 Å². The molecule has 0 atom stereocenters. The van der Waals surface area contributed by atoms with Gasteiger partial charge in [0, 0.05) is 8.95 Å². The van der Waals surface area contributed by atoms with E-state index in [1.54, 1.807) is 0 Å². The van der Waals surface area contributed by atoms with Gasteiger partial charge in [0.25, 0.3) is 0 Å². The Bertz CT molecular complexity index is 2860. The van der Waals surface area contributed by atoms with Gasteiger partial charge in [-0.25, -0.2) is 0 Å². The topological polar surface area (TPSA) is 223 Å². The van der Waals surface area contributed by atoms with E-state index in [-0.39, 0.29) is 0 Å². The summed E-state index contributed by atoms with van der Waals surface area (Å²) in [5.74, 6) is 0. The molecule has 0 bridgehead atoms. The van der Waals surface area contributed by atoms with Crippen molar-refractivity contribution in [1.82, 2.24) is 0 Å². The molecule has 12 nitrogen and oxygen atoms in total. The van der Waals surface area contributed by atoms with E-state index in [4.69, 9.17) is 47.4 Å². The molecular weight excluding hydrogens is 1550 g/mol. The fourth-order valence-corrected chi connectivity index (χ4v) is 16.3. The molecule has 24 heteroatoms. The molecule has 0 heterocycles. The van der Waals surface area contributed by atoms with Crippen LogP contribution in [-0.4, -0.2) is 8.38 Å². The Labute approximate surface area is 484 Å². The molecule has 8 aromatic rings. The van der Waals surface area contributed by atoms with Crippen molar-refractivity contribution in [1.29, 1.82) is 0 Å². The number of halogens is 6. The third kappa shape index (κ3) is 26.4. The van der Waals surface area contributed by atoms with Gasteiger partial charge >= 0.3 is 149 Å². The van der Waals surface area contributed by atoms with Gasteiger partial charge in [-0.15, -0.1) is 0 Å². The van der Waals surface area contributed by atoms with Crippen molar-refractivity contribution < 1.29 is 92.4 Å². The minimum atomic E-state index is -4.56. The molecule has 74 heavy (non-hydrogen) atoms. The molecule has 0 saturated heterocycles. The van der Waals surface area contributed by atoms with Gasteiger partial charge < -0.3 is 0 Å². The Balaban J connectivity index is 0.000000287. The number of benzene rings is 8. The van der Waals surface area contributed by atoms with E-state index in [0.717, 1.165) is 21.3 Å². The first-order valence-corrected chi connectivity index (χ1v) is 43.7. The summed E-state index contributed by atoms with van der Waals surface area (Å²) in [6.45, 7) is 0. The third-order valence-electron chi connectivity index (χ3n) is 9.85. The average molecular weight is 1600 g/mol. The maximum atomic E-state index is 9.16. The molecule has 0 unspecified atom stereocenters. The molecule has 0 aliphatic rings. The second kappa shape index (κ2) is 32.0. The average Bonchev–Trinajstić information content (AvgIpc) is 3.34. The van der Waals surface area contributed by atoms with Crippen molar-refractivity contribution in [3.63, 3.8) is 0 Å². The second-order valence-electron chi connectivity index (χ2n) is 14.7. The number of hydrogen-bond donors (Lipinski definition) is 2. The van der Waals surface area contributed by atoms with Crippen LogP contribution in [0.1, 0.15) is 11.1 Å². The molecule has 0 saturated carbocycles. The van der Waals surface area contributed by atoms with Crippen LogP contribution in [0.3, 0.4) is 0 Å². The van der Waals surface area contributed by atoms with Crippen LogP contribution in [0.5, 0.6) is 0 Å². The normalized spacial score (nSPS) is 11.4. The second-order valence-corrected chi connectivity index (χ2v) is 40.5. The van der Waals surface area contributed by atoms with Crippen LogP contribution in [0.4, 0.5) is 0 Å². The number of rotatable bonds is 10. The van der Waals surface area contributed by atoms with Crippen LogP contribution in [0, 0.1) is 0 Å². The molecule has 0 amide bonds. The van der Waals surface area contributed by atoms with Gasteiger partial charge in [0.2, 0.25) is 0 Å². The van der Waals surface area contributed by atoms with Gasteiger partial charge in [0.05, 0.1) is 12.3 Å². The van der Waals surface area contributed by atoms with E-state index in [0.29, 0.717) is 0 Å². The predicted octanol–water partition coefficient (Wildman–Crippen LogP) is 10.8. The van der Waals surface area contributed by atoms with Gasteiger partial charge in [-0.3, -0.25) is 0 Å². The molecule has 8 aromatic carbocycles. The first-order valence-electron chi connectivity index (χ1n) is 20.6. The van der Waals surface area contributed by atoms with E-state index in [1.165, 1.54) is 43.0 Å². The van der Waals surface area contributed by atoms with Crippen molar-refractivity contribution >= 4 is 135 Å². The molecule has 2 N–H and O–H groups in total. The van der Waals surface area contributed by atoms with Gasteiger partial charge in [-0.2, -0.15) is 0 Å². The third-order valence-corrected chi connectivity index (χ3v) is 19.7. The summed E-state index contributed by atoms with van der Waals surface area (Å²) in [7, 11) is -3.61. The van der Waals surface area contributed by atoms with Crippen LogP contribution in [0.25, 0.3) is 0 Å². The SMILES string of the molecule is Brc1ccc(C[P+](c2ccccc2)(c2ccccc2)c2ccccc2)cc1.Brc1ccc(C[P+](c2ccccc2)(c2ccccc2)c2ccccc2)cc1.[O]=[Mn](=[O])([O-])[Br].[O]=[Mn](=[O])([O-])[Br].[O]=[Mn](=[O])([OH])[Br].[O]=[Mn](=[O])([OH])[Br]. The molecule has 0 aliphatic carbocycles. The fourth-order valence-electron chi connectivity index (χ4n) is 7.26. The van der Waals surface area contributed by atoms with Crippen LogP contribution in [-0.2, 0) is 87.9 Å². The van der Waals surface area contributed by atoms with Crippen molar-refractivity contribution in [3.8, 4) is 0 Å². The molecule has 0 aliphatic heterocycles. The Hall–Kier alpha value is -2.18. The Morgan fingerprint density at radius 3 is 0.581 bits per heavy atom. The summed E-state index contributed by atoms with van der Waals surface area (Å²) >= 11 is -2.99. The van der Waals surface area contributed by atoms with Gasteiger partial charge in [-0.05, 0) is 108 Å². The van der Waals surface area contributed by atoms with Crippen LogP contribution < -0.4 is 40.2 Å². The molecule has 0 radical (unpaired) electrons. The zero-order chi connectivity index (χ0) is 55.1. The molecule has 396 valence electrons. The van der Waals surface area contributed by atoms with E-state index < -0.39 is 59.4 Å². The van der Waals surface area contributed by atoms with Crippen molar-refractivity contribution in [2.45, 2.75) is 12.3 Å². The van der Waals surface area contributed by atoms with Crippen molar-refractivity contribution in [2.24, 2.45) is 0 Å². The molecule has 8 rings (SSSR count). The standard InChI is InChI=1S/2C25H21BrP.4BrH.4Mn.2H2O.10O/c2*26-22-18-16-21(17-19-22)20-27(23-10-4-1-5-11-23,24-12-6-2-7-13-24)25-14-8-3-9-15-25;;;;;;;;;;;;;;;;;;;;/h2*1-19H,20H2;4*1H;;;;;2*1H2;;;;;;;;;;/q2*+1;;;;;2*+1;2*+2;;;;;;;;;;;2*-1/p-6. The summed E-state index contributed by atoms with van der Waals surface area (Å²) in [5, 5.41) is 8.53. The van der Waals surface area contributed by atoms with Crippen molar-refractivity contribution in [2.75, 3.05) is 0 Å². The van der Waals surface area contributed by atoms with Gasteiger partial charge in [0.15, 0.2) is 0 Å². The Morgan fingerprint density at radius 1 is 0.311 bits per heavy atom. The maximum absolute atomic E-state index is 9.16. The van der Waals surface area contributed by atoms with Crippen LogP contribution in [0.15, 0.2) is 239 Å². The summed E-state index contributed by atoms with van der Waals surface area (Å²) in [4.78, 5) is 0. The van der Waals surface area contributed by atoms with E-state index in [9.17, 15) is 0 Å². The van der Waals surface area contributed by atoms with E-state index in [2.05, 4.69) is 262 Å². The molecule has 0 aromatic heterocycles. The molecule has 0 fully saturated rings. The van der Waals surface area contributed by atoms with E-state index in [1.807, 2.05) is 56.4 Å². The summed E-state index contributed by atoms with van der Waals surface area (Å²) in [6, 6.07) is 83.7. The minimum absolute atomic E-state index is 1.01. The van der Waals surface area contributed by atoms with Crippen LogP contribution >= 0.6 is 103 Å². The van der Waals surface area contributed by atoms with E-state index >= 15 is 0 Å². The number of hydrogen-bond acceptors (Lipinski definition) is 10. The summed E-state index contributed by atoms with van der Waals surface area (Å²) < 4.78 is 108. The summed E-state index contributed by atoms with van der Waals surface area (Å²) in [5.41, 5.74) is 2.73. The zero-order valence-electron chi connectivity index (χ0n) is 38.0. The Morgan fingerprint density at radius 2 is 0.446 bits per heavy atom. The zero-order valence-corrected chi connectivity index (χ0v) is 54.0. The first-order chi connectivity index (χ1) is 34.6. The molecular formula is C50H44Br6Mn4O12P2. The first kappa shape index (κ1) is 66.1. The summed E-state index contributed by atoms with van der Waals surface area (Å²) in [6.07, 6.45) is 2.02. The van der Waals surface area contributed by atoms with Crippen LogP contribution in [0.2, 0.25) is 0 Å². The quantitative estimate of drug-likeness (QED) is 0.0964. The monoisotopic (exact) mass is 1590 g/mol. The molecule has 0 spiro atoms. The fraction of sp³-hybridized carbons (Fsp3) is 0.0400. The van der Waals surface area contributed by atoms with Gasteiger partial charge in [-0.1, -0.05) is 165 Å². The predicted molar refractivity (Wildman–Crippen MR) is 292 cm³/mol. The van der Waals surface area contributed by atoms with Gasteiger partial charge in [0.1, 0.15) is 46.4 Å².